The third-order valence-corrected chi connectivity index (χ3v) is 4.48. The summed E-state index contributed by atoms with van der Waals surface area (Å²) in [6.45, 7) is 1.86. The largest absolute Gasteiger partial charge is 0.612 e. The van der Waals surface area contributed by atoms with Gasteiger partial charge in [-0.25, -0.2) is 0 Å². The number of benzene rings is 1. The predicted molar refractivity (Wildman–Crippen MR) is 75.4 cm³/mol. The molecule has 1 aromatic heterocycles. The van der Waals surface area contributed by atoms with Crippen LogP contribution in [0.5, 0.6) is 0 Å². The molecule has 20 heavy (non-hydrogen) atoms. The van der Waals surface area contributed by atoms with Crippen LogP contribution in [0, 0.1) is 6.92 Å². The van der Waals surface area contributed by atoms with Gasteiger partial charge in [-0.1, -0.05) is 5.16 Å². The van der Waals surface area contributed by atoms with Gasteiger partial charge in [0, 0.05) is 11.5 Å². The highest BCUT2D eigenvalue weighted by atomic mass is 32.2. The highest BCUT2D eigenvalue weighted by molar-refractivity contribution is 7.90. The first-order chi connectivity index (χ1) is 9.58. The van der Waals surface area contributed by atoms with Gasteiger partial charge in [0.25, 0.3) is 0 Å². The fourth-order valence-corrected chi connectivity index (χ4v) is 2.88. The van der Waals surface area contributed by atoms with E-state index in [2.05, 4.69) is 5.16 Å². The Balaban J connectivity index is 1.96. The molecule has 0 radical (unpaired) electrons. The molecule has 104 valence electrons. The number of ketones is 1. The van der Waals surface area contributed by atoms with E-state index in [0.29, 0.717) is 22.8 Å². The summed E-state index contributed by atoms with van der Waals surface area (Å²) >= 11 is -1.04. The summed E-state index contributed by atoms with van der Waals surface area (Å²) in [4.78, 5) is 13.3. The number of carbonyl (C=O) groups excluding carboxylic acids is 1. The maximum atomic E-state index is 12.6. The van der Waals surface area contributed by atoms with Crippen LogP contribution in [-0.4, -0.2) is 21.7 Å². The van der Waals surface area contributed by atoms with Gasteiger partial charge in [0.05, 0.1) is 11.8 Å². The van der Waals surface area contributed by atoms with Crippen LogP contribution in [0.1, 0.15) is 46.0 Å². The lowest BCUT2D eigenvalue weighted by molar-refractivity contribution is 0.103. The zero-order valence-corrected chi connectivity index (χ0v) is 12.2. The molecule has 0 bridgehead atoms. The standard InChI is InChI=1S/C15H15NO3S/c1-9-7-11(20(2)18)5-6-12(9)14(17)13-8-16-19-15(13)10-3-4-10/h5-8,10H,3-4H2,1-2H3. The molecule has 0 saturated heterocycles. The van der Waals surface area contributed by atoms with Gasteiger partial charge in [-0.15, -0.1) is 0 Å². The summed E-state index contributed by atoms with van der Waals surface area (Å²) in [6, 6.07) is 5.27. The van der Waals surface area contributed by atoms with Gasteiger partial charge < -0.3 is 9.08 Å². The minimum Gasteiger partial charge on any atom is -0.612 e. The highest BCUT2D eigenvalue weighted by Crippen LogP contribution is 2.42. The molecule has 1 fully saturated rings. The Bertz CT molecular complexity index is 659. The van der Waals surface area contributed by atoms with Crippen LogP contribution in [0.25, 0.3) is 0 Å². The molecule has 5 heteroatoms. The van der Waals surface area contributed by atoms with E-state index < -0.39 is 11.2 Å². The normalized spacial score (nSPS) is 16.1. The fourth-order valence-electron chi connectivity index (χ4n) is 2.27. The number of rotatable bonds is 4. The first kappa shape index (κ1) is 13.4. The summed E-state index contributed by atoms with van der Waals surface area (Å²) in [6.07, 6.45) is 5.24. The zero-order chi connectivity index (χ0) is 14.3. The second-order valence-corrected chi connectivity index (χ2v) is 6.52. The van der Waals surface area contributed by atoms with E-state index >= 15 is 0 Å². The summed E-state index contributed by atoms with van der Waals surface area (Å²) in [5, 5.41) is 3.76. The van der Waals surface area contributed by atoms with Gasteiger partial charge in [-0.3, -0.25) is 4.79 Å². The van der Waals surface area contributed by atoms with E-state index in [1.165, 1.54) is 6.20 Å². The van der Waals surface area contributed by atoms with Gasteiger partial charge in [-0.05, 0) is 54.7 Å². The molecule has 1 unspecified atom stereocenters. The second-order valence-electron chi connectivity index (χ2n) is 5.14. The lowest BCUT2D eigenvalue weighted by Crippen LogP contribution is -2.06. The van der Waals surface area contributed by atoms with Crippen molar-refractivity contribution in [3.05, 3.63) is 46.8 Å². The quantitative estimate of drug-likeness (QED) is 0.641. The number of aromatic nitrogens is 1. The number of nitrogens with zero attached hydrogens (tertiary/aromatic N) is 1. The highest BCUT2D eigenvalue weighted by Gasteiger charge is 2.33. The van der Waals surface area contributed by atoms with E-state index in [1.807, 2.05) is 6.92 Å². The topological polar surface area (TPSA) is 66.2 Å². The van der Waals surface area contributed by atoms with Crippen molar-refractivity contribution in [2.45, 2.75) is 30.6 Å². The number of carbonyl (C=O) groups is 1. The SMILES string of the molecule is Cc1cc([S+](C)[O-])ccc1C(=O)c1cnoc1C1CC1. The number of aryl methyl sites for hydroxylation is 1. The van der Waals surface area contributed by atoms with E-state index in [1.54, 1.807) is 24.5 Å². The number of hydrogen-bond donors (Lipinski definition) is 0. The number of hydrogen-bond acceptors (Lipinski definition) is 4. The Kier molecular flexibility index (Phi) is 3.40. The molecule has 1 aliphatic rings. The molecule has 4 nitrogen and oxygen atoms in total. The lowest BCUT2D eigenvalue weighted by atomic mass is 9.99. The van der Waals surface area contributed by atoms with Crippen molar-refractivity contribution in [3.63, 3.8) is 0 Å². The molecule has 1 aliphatic carbocycles. The van der Waals surface area contributed by atoms with Crippen molar-refractivity contribution in [2.75, 3.05) is 6.26 Å². The monoisotopic (exact) mass is 289 g/mol. The predicted octanol–water partition coefficient (Wildman–Crippen LogP) is 2.83. The molecule has 1 heterocycles. The minimum absolute atomic E-state index is 0.0703. The maximum absolute atomic E-state index is 12.6. The Hall–Kier alpha value is -1.59. The van der Waals surface area contributed by atoms with Gasteiger partial charge in [-0.2, -0.15) is 0 Å². The van der Waals surface area contributed by atoms with Gasteiger partial charge >= 0.3 is 0 Å². The Morgan fingerprint density at radius 2 is 2.15 bits per heavy atom. The molecule has 0 amide bonds. The molecule has 1 aromatic carbocycles. The van der Waals surface area contributed by atoms with Crippen LogP contribution in [0.2, 0.25) is 0 Å². The molecule has 3 rings (SSSR count). The van der Waals surface area contributed by atoms with Crippen molar-refractivity contribution >= 4 is 17.0 Å². The van der Waals surface area contributed by atoms with E-state index in [4.69, 9.17) is 4.52 Å². The van der Waals surface area contributed by atoms with Crippen molar-refractivity contribution in [1.29, 1.82) is 0 Å². The second kappa shape index (κ2) is 5.07. The van der Waals surface area contributed by atoms with Gasteiger partial charge in [0.15, 0.2) is 16.4 Å². The molecule has 1 atom stereocenters. The van der Waals surface area contributed by atoms with Gasteiger partial charge in [0.2, 0.25) is 0 Å². The lowest BCUT2D eigenvalue weighted by Gasteiger charge is -2.08. The Morgan fingerprint density at radius 3 is 2.75 bits per heavy atom. The van der Waals surface area contributed by atoms with Crippen LogP contribution >= 0.6 is 0 Å². The van der Waals surface area contributed by atoms with E-state index in [9.17, 15) is 9.35 Å². The van der Waals surface area contributed by atoms with Crippen LogP contribution < -0.4 is 0 Å². The average molecular weight is 289 g/mol. The summed E-state index contributed by atoms with van der Waals surface area (Å²) in [7, 11) is 0. The van der Waals surface area contributed by atoms with Crippen LogP contribution in [0.3, 0.4) is 0 Å². The fraction of sp³-hybridized carbons (Fsp3) is 0.333. The molecule has 0 spiro atoms. The summed E-state index contributed by atoms with van der Waals surface area (Å²) < 4.78 is 16.7. The van der Waals surface area contributed by atoms with Crippen LogP contribution in [0.4, 0.5) is 0 Å². The van der Waals surface area contributed by atoms with E-state index in [0.717, 1.165) is 23.3 Å². The van der Waals surface area contributed by atoms with Crippen molar-refractivity contribution in [1.82, 2.24) is 5.16 Å². The van der Waals surface area contributed by atoms with Crippen LogP contribution in [0.15, 0.2) is 33.8 Å². The Morgan fingerprint density at radius 1 is 1.40 bits per heavy atom. The first-order valence-electron chi connectivity index (χ1n) is 6.51. The smallest absolute Gasteiger partial charge is 0.198 e. The zero-order valence-electron chi connectivity index (χ0n) is 11.4. The third-order valence-electron chi connectivity index (χ3n) is 3.57. The molecular formula is C15H15NO3S. The summed E-state index contributed by atoms with van der Waals surface area (Å²) in [5.41, 5.74) is 2.00. The molecule has 0 aliphatic heterocycles. The Labute approximate surface area is 120 Å². The first-order valence-corrected chi connectivity index (χ1v) is 8.07. The average Bonchev–Trinajstić information content (AvgIpc) is 3.15. The molecular weight excluding hydrogens is 274 g/mol. The minimum atomic E-state index is -1.04. The summed E-state index contributed by atoms with van der Waals surface area (Å²) in [5.74, 6) is 0.982. The molecule has 2 aromatic rings. The third kappa shape index (κ3) is 2.39. The van der Waals surface area contributed by atoms with Crippen LogP contribution in [-0.2, 0) is 11.2 Å². The van der Waals surface area contributed by atoms with Crippen molar-refractivity contribution in [3.8, 4) is 0 Å². The molecule has 0 N–H and O–H groups in total. The van der Waals surface area contributed by atoms with Crippen molar-refractivity contribution < 1.29 is 13.9 Å². The van der Waals surface area contributed by atoms with Gasteiger partial charge in [0.1, 0.15) is 6.26 Å². The molecule has 1 saturated carbocycles. The van der Waals surface area contributed by atoms with Crippen molar-refractivity contribution in [2.24, 2.45) is 0 Å². The van der Waals surface area contributed by atoms with E-state index in [-0.39, 0.29) is 5.78 Å². The maximum Gasteiger partial charge on any atom is 0.198 e.